The molecule has 0 radical (unpaired) electrons. The van der Waals surface area contributed by atoms with E-state index in [0.717, 1.165) is 19.8 Å². The smallest absolute Gasteiger partial charge is 0.245 e. The number of amides is 1. The lowest BCUT2D eigenvalue weighted by Crippen LogP contribution is -2.38. The van der Waals surface area contributed by atoms with Crippen LogP contribution in [0.25, 0.3) is 0 Å². The molecular formula is C17H23F2NO. The van der Waals surface area contributed by atoms with Gasteiger partial charge in [-0.1, -0.05) is 24.3 Å². The van der Waals surface area contributed by atoms with Gasteiger partial charge in [-0.3, -0.25) is 4.79 Å². The molecule has 1 fully saturated rings. The molecule has 1 aromatic carbocycles. The fourth-order valence-electron chi connectivity index (χ4n) is 2.97. The van der Waals surface area contributed by atoms with E-state index in [1.165, 1.54) is 11.1 Å². The van der Waals surface area contributed by atoms with Crippen molar-refractivity contribution in [2.45, 2.75) is 51.4 Å². The number of carbonyl (C=O) groups is 1. The molecule has 1 aromatic rings. The summed E-state index contributed by atoms with van der Waals surface area (Å²) in [6.45, 7) is 4.32. The van der Waals surface area contributed by atoms with Crippen LogP contribution in [0.1, 0.15) is 49.7 Å². The van der Waals surface area contributed by atoms with E-state index >= 15 is 0 Å². The van der Waals surface area contributed by atoms with Crippen molar-refractivity contribution >= 4 is 5.91 Å². The van der Waals surface area contributed by atoms with Gasteiger partial charge in [-0.2, -0.15) is 0 Å². The van der Waals surface area contributed by atoms with Gasteiger partial charge >= 0.3 is 0 Å². The molecule has 0 saturated carbocycles. The summed E-state index contributed by atoms with van der Waals surface area (Å²) in [6.07, 6.45) is 1.42. The predicted molar refractivity (Wildman–Crippen MR) is 79.6 cm³/mol. The average Bonchev–Trinajstić information content (AvgIpc) is 2.45. The Balaban J connectivity index is 1.86. The third-order valence-corrected chi connectivity index (χ3v) is 4.25. The van der Waals surface area contributed by atoms with Crippen LogP contribution in [0.4, 0.5) is 8.78 Å². The van der Waals surface area contributed by atoms with Crippen molar-refractivity contribution < 1.29 is 13.6 Å². The molecule has 0 aromatic heterocycles. The molecule has 1 aliphatic heterocycles. The third kappa shape index (κ3) is 4.51. The van der Waals surface area contributed by atoms with Crippen LogP contribution >= 0.6 is 0 Å². The molecule has 1 amide bonds. The quantitative estimate of drug-likeness (QED) is 0.817. The second-order valence-corrected chi connectivity index (χ2v) is 6.08. The fourth-order valence-corrected chi connectivity index (χ4v) is 2.97. The summed E-state index contributed by atoms with van der Waals surface area (Å²) in [7, 11) is 0. The average molecular weight is 295 g/mol. The largest absolute Gasteiger partial charge is 0.343 e. The van der Waals surface area contributed by atoms with Crippen molar-refractivity contribution in [1.82, 2.24) is 4.90 Å². The maximum absolute atomic E-state index is 12.8. The van der Waals surface area contributed by atoms with Crippen LogP contribution in [-0.4, -0.2) is 29.8 Å². The second kappa shape index (κ2) is 6.54. The number of likely N-dealkylation sites (tertiary alicyclic amines) is 1. The molecule has 0 spiro atoms. The van der Waals surface area contributed by atoms with Crippen molar-refractivity contribution in [2.75, 3.05) is 13.1 Å². The van der Waals surface area contributed by atoms with Crippen molar-refractivity contribution in [3.63, 3.8) is 0 Å². The van der Waals surface area contributed by atoms with E-state index in [9.17, 15) is 13.6 Å². The number of rotatable bonds is 4. The molecule has 2 nitrogen and oxygen atoms in total. The van der Waals surface area contributed by atoms with Crippen molar-refractivity contribution in [1.29, 1.82) is 0 Å². The maximum atomic E-state index is 12.8. The number of carbonyl (C=O) groups excluding carboxylic acids is 1. The van der Waals surface area contributed by atoms with E-state index in [4.69, 9.17) is 0 Å². The van der Waals surface area contributed by atoms with Crippen molar-refractivity contribution in [3.8, 4) is 0 Å². The molecular weight excluding hydrogens is 272 g/mol. The number of hydrogen-bond acceptors (Lipinski definition) is 1. The van der Waals surface area contributed by atoms with E-state index in [1.54, 1.807) is 4.90 Å². The lowest BCUT2D eigenvalue weighted by molar-refractivity contribution is -0.134. The van der Waals surface area contributed by atoms with Crippen LogP contribution in [0, 0.1) is 6.92 Å². The highest BCUT2D eigenvalue weighted by molar-refractivity contribution is 5.76. The summed E-state index contributed by atoms with van der Waals surface area (Å²) in [4.78, 5) is 13.7. The SMILES string of the molecule is Cc1ccccc1C1CCN(C(=O)CCC(C)(F)F)CC1. The first-order chi connectivity index (χ1) is 9.87. The summed E-state index contributed by atoms with van der Waals surface area (Å²) in [5.74, 6) is -2.42. The van der Waals surface area contributed by atoms with Crippen LogP contribution in [0.15, 0.2) is 24.3 Å². The highest BCUT2D eigenvalue weighted by Crippen LogP contribution is 2.30. The van der Waals surface area contributed by atoms with E-state index < -0.39 is 5.92 Å². The topological polar surface area (TPSA) is 20.3 Å². The van der Waals surface area contributed by atoms with Gasteiger partial charge in [-0.05, 0) is 43.7 Å². The minimum absolute atomic E-state index is 0.0570. The second-order valence-electron chi connectivity index (χ2n) is 6.08. The summed E-state index contributed by atoms with van der Waals surface area (Å²) in [6, 6.07) is 8.33. The Hall–Kier alpha value is -1.45. The van der Waals surface area contributed by atoms with Crippen LogP contribution in [0.5, 0.6) is 0 Å². The zero-order valence-corrected chi connectivity index (χ0v) is 12.7. The lowest BCUT2D eigenvalue weighted by atomic mass is 9.87. The van der Waals surface area contributed by atoms with Crippen LogP contribution in [-0.2, 0) is 4.79 Å². The molecule has 4 heteroatoms. The lowest BCUT2D eigenvalue weighted by Gasteiger charge is -2.33. The highest BCUT2D eigenvalue weighted by Gasteiger charge is 2.27. The standard InChI is InChI=1S/C17H23F2NO/c1-13-5-3-4-6-15(13)14-8-11-20(12-9-14)16(21)7-10-17(2,18)19/h3-6,14H,7-12H2,1-2H3. The van der Waals surface area contributed by atoms with E-state index in [-0.39, 0.29) is 18.7 Å². The number of benzene rings is 1. The Kier molecular flexibility index (Phi) is 4.96. The van der Waals surface area contributed by atoms with Gasteiger partial charge in [0.25, 0.3) is 0 Å². The number of alkyl halides is 2. The molecule has 0 aliphatic carbocycles. The molecule has 21 heavy (non-hydrogen) atoms. The van der Waals surface area contributed by atoms with Crippen molar-refractivity contribution in [3.05, 3.63) is 35.4 Å². The molecule has 0 bridgehead atoms. The monoisotopic (exact) mass is 295 g/mol. The maximum Gasteiger partial charge on any atom is 0.245 e. The summed E-state index contributed by atoms with van der Waals surface area (Å²) in [5.41, 5.74) is 2.64. The molecule has 116 valence electrons. The van der Waals surface area contributed by atoms with E-state index in [0.29, 0.717) is 19.0 Å². The van der Waals surface area contributed by atoms with Crippen molar-refractivity contribution in [2.24, 2.45) is 0 Å². The Morgan fingerprint density at radius 3 is 2.48 bits per heavy atom. The summed E-state index contributed by atoms with van der Waals surface area (Å²) in [5, 5.41) is 0. The van der Waals surface area contributed by atoms with E-state index in [1.807, 2.05) is 12.1 Å². The predicted octanol–water partition coefficient (Wildman–Crippen LogP) is 4.14. The molecule has 2 rings (SSSR count). The number of hydrogen-bond donors (Lipinski definition) is 0. The van der Waals surface area contributed by atoms with Gasteiger partial charge in [0.15, 0.2) is 0 Å². The number of halogens is 2. The van der Waals surface area contributed by atoms with Gasteiger partial charge in [-0.15, -0.1) is 0 Å². The highest BCUT2D eigenvalue weighted by atomic mass is 19.3. The number of piperidine rings is 1. The van der Waals surface area contributed by atoms with Crippen LogP contribution < -0.4 is 0 Å². The molecule has 1 saturated heterocycles. The Labute approximate surface area is 125 Å². The first-order valence-electron chi connectivity index (χ1n) is 7.58. The van der Waals surface area contributed by atoms with Crippen LogP contribution in [0.2, 0.25) is 0 Å². The normalized spacial score (nSPS) is 17.0. The Morgan fingerprint density at radius 1 is 1.29 bits per heavy atom. The molecule has 1 aliphatic rings. The van der Waals surface area contributed by atoms with Crippen LogP contribution in [0.3, 0.4) is 0 Å². The third-order valence-electron chi connectivity index (χ3n) is 4.25. The van der Waals surface area contributed by atoms with Gasteiger partial charge in [-0.25, -0.2) is 8.78 Å². The molecule has 1 heterocycles. The van der Waals surface area contributed by atoms with Gasteiger partial charge in [0.1, 0.15) is 0 Å². The van der Waals surface area contributed by atoms with Gasteiger partial charge in [0.2, 0.25) is 11.8 Å². The van der Waals surface area contributed by atoms with Gasteiger partial charge in [0, 0.05) is 25.9 Å². The van der Waals surface area contributed by atoms with E-state index in [2.05, 4.69) is 19.1 Å². The summed E-state index contributed by atoms with van der Waals surface area (Å²) < 4.78 is 25.6. The zero-order chi connectivity index (χ0) is 15.5. The fraction of sp³-hybridized carbons (Fsp3) is 0.588. The number of aryl methyl sites for hydroxylation is 1. The zero-order valence-electron chi connectivity index (χ0n) is 12.7. The van der Waals surface area contributed by atoms with Gasteiger partial charge < -0.3 is 4.90 Å². The first-order valence-corrected chi connectivity index (χ1v) is 7.58. The minimum Gasteiger partial charge on any atom is -0.343 e. The van der Waals surface area contributed by atoms with Gasteiger partial charge in [0.05, 0.1) is 0 Å². The molecule has 0 atom stereocenters. The molecule has 0 unspecified atom stereocenters. The number of nitrogens with zero attached hydrogens (tertiary/aromatic N) is 1. The Bertz CT molecular complexity index is 488. The molecule has 0 N–H and O–H groups in total. The Morgan fingerprint density at radius 2 is 1.90 bits per heavy atom. The summed E-state index contributed by atoms with van der Waals surface area (Å²) >= 11 is 0. The first kappa shape index (κ1) is 15.9. The minimum atomic E-state index is -2.75.